The quantitative estimate of drug-likeness (QED) is 0.619. The van der Waals surface area contributed by atoms with Crippen LogP contribution in [0.25, 0.3) is 10.2 Å². The molecule has 0 saturated carbocycles. The number of carbonyl (C=O) groups excluding carboxylic acids is 2. The van der Waals surface area contributed by atoms with Gasteiger partial charge in [0.2, 0.25) is 11.8 Å². The minimum absolute atomic E-state index is 0.0526. The van der Waals surface area contributed by atoms with E-state index in [4.69, 9.17) is 4.74 Å². The predicted octanol–water partition coefficient (Wildman–Crippen LogP) is 1.46. The molecular formula is C20H26N4O4S2. The van der Waals surface area contributed by atoms with Crippen molar-refractivity contribution >= 4 is 45.1 Å². The van der Waals surface area contributed by atoms with E-state index < -0.39 is 6.04 Å². The van der Waals surface area contributed by atoms with Crippen LogP contribution in [0.1, 0.15) is 36.0 Å². The van der Waals surface area contributed by atoms with Crippen LogP contribution in [0, 0.1) is 0 Å². The fourth-order valence-electron chi connectivity index (χ4n) is 3.88. The molecule has 1 aliphatic heterocycles. The molecule has 0 bridgehead atoms. The Hall–Kier alpha value is -1.91. The number of nitrogens with zero attached hydrogens (tertiary/aromatic N) is 2. The van der Waals surface area contributed by atoms with E-state index in [9.17, 15) is 14.4 Å². The van der Waals surface area contributed by atoms with Crippen molar-refractivity contribution in [2.24, 2.45) is 0 Å². The Labute approximate surface area is 182 Å². The van der Waals surface area contributed by atoms with Crippen molar-refractivity contribution in [1.82, 2.24) is 20.2 Å². The highest BCUT2D eigenvalue weighted by Gasteiger charge is 2.24. The maximum atomic E-state index is 12.5. The molecule has 2 N–H and O–H groups in total. The zero-order valence-corrected chi connectivity index (χ0v) is 18.6. The summed E-state index contributed by atoms with van der Waals surface area (Å²) >= 11 is 3.18. The van der Waals surface area contributed by atoms with Gasteiger partial charge in [-0.3, -0.25) is 14.4 Å². The molecule has 2 aliphatic rings. The summed E-state index contributed by atoms with van der Waals surface area (Å²) in [4.78, 5) is 48.4. The van der Waals surface area contributed by atoms with Crippen LogP contribution in [0.2, 0.25) is 0 Å². The number of aryl methyl sites for hydroxylation is 2. The number of ether oxygens (including phenoxy) is 1. The smallest absolute Gasteiger partial charge is 0.259 e. The van der Waals surface area contributed by atoms with Crippen LogP contribution >= 0.6 is 23.1 Å². The highest BCUT2D eigenvalue weighted by atomic mass is 32.2. The Kier molecular flexibility index (Phi) is 6.74. The number of hydrogen-bond acceptors (Lipinski definition) is 7. The Morgan fingerprint density at radius 3 is 2.93 bits per heavy atom. The number of hydrogen-bond donors (Lipinski definition) is 2. The fraction of sp³-hybridized carbons (Fsp3) is 0.600. The van der Waals surface area contributed by atoms with Gasteiger partial charge in [-0.2, -0.15) is 11.8 Å². The molecule has 0 spiro atoms. The van der Waals surface area contributed by atoms with Gasteiger partial charge in [0.1, 0.15) is 16.7 Å². The standard InChI is InChI=1S/C20H26N4O4S2/c1-12(20(27)24-6-8-28-9-7-24)21-16(25)5-10-29-11-15-22-18(26)17-13-3-2-4-14(13)30-19(17)23-15/h12H,2-11H2,1H3,(H,21,25)(H,22,23,26). The van der Waals surface area contributed by atoms with Gasteiger partial charge in [-0.05, 0) is 31.7 Å². The second-order valence-electron chi connectivity index (χ2n) is 7.58. The van der Waals surface area contributed by atoms with E-state index in [0.29, 0.717) is 50.1 Å². The van der Waals surface area contributed by atoms with Crippen LogP contribution in [0.3, 0.4) is 0 Å². The van der Waals surface area contributed by atoms with Gasteiger partial charge >= 0.3 is 0 Å². The van der Waals surface area contributed by atoms with Gasteiger partial charge in [0.05, 0.1) is 24.4 Å². The van der Waals surface area contributed by atoms with Crippen LogP contribution in [0.5, 0.6) is 0 Å². The molecule has 4 rings (SSSR count). The molecule has 2 aromatic heterocycles. The lowest BCUT2D eigenvalue weighted by Gasteiger charge is -2.29. The van der Waals surface area contributed by atoms with Crippen molar-refractivity contribution < 1.29 is 14.3 Å². The zero-order valence-electron chi connectivity index (χ0n) is 17.0. The minimum atomic E-state index is -0.540. The van der Waals surface area contributed by atoms with Crippen LogP contribution < -0.4 is 10.9 Å². The van der Waals surface area contributed by atoms with Crippen LogP contribution in [0.15, 0.2) is 4.79 Å². The van der Waals surface area contributed by atoms with Crippen molar-refractivity contribution in [3.05, 3.63) is 26.6 Å². The highest BCUT2D eigenvalue weighted by molar-refractivity contribution is 7.98. The van der Waals surface area contributed by atoms with E-state index in [-0.39, 0.29) is 17.4 Å². The molecular weight excluding hydrogens is 424 g/mol. The minimum Gasteiger partial charge on any atom is -0.378 e. The first kappa shape index (κ1) is 21.3. The van der Waals surface area contributed by atoms with E-state index in [1.807, 2.05) is 0 Å². The lowest BCUT2D eigenvalue weighted by atomic mass is 10.2. The molecule has 0 aromatic carbocycles. The molecule has 2 amide bonds. The molecule has 1 saturated heterocycles. The third kappa shape index (κ3) is 4.70. The molecule has 1 unspecified atom stereocenters. The first-order valence-corrected chi connectivity index (χ1v) is 12.3. The molecule has 1 fully saturated rings. The molecule has 30 heavy (non-hydrogen) atoms. The number of carbonyl (C=O) groups is 2. The SMILES string of the molecule is CC(NC(=O)CCSCc1nc2sc3c(c2c(=O)[nH]1)CCC3)C(=O)N1CCOCC1. The summed E-state index contributed by atoms with van der Waals surface area (Å²) in [5.74, 6) is 1.56. The van der Waals surface area contributed by atoms with Crippen molar-refractivity contribution in [3.8, 4) is 0 Å². The summed E-state index contributed by atoms with van der Waals surface area (Å²) in [5.41, 5.74) is 1.13. The van der Waals surface area contributed by atoms with Gasteiger partial charge in [-0.15, -0.1) is 11.3 Å². The summed E-state index contributed by atoms with van der Waals surface area (Å²) in [5, 5.41) is 3.54. The van der Waals surface area contributed by atoms with E-state index in [2.05, 4.69) is 15.3 Å². The third-order valence-corrected chi connectivity index (χ3v) is 7.56. The predicted molar refractivity (Wildman–Crippen MR) is 118 cm³/mol. The number of aromatic amines is 1. The summed E-state index contributed by atoms with van der Waals surface area (Å²) in [6, 6.07) is -0.540. The number of aromatic nitrogens is 2. The monoisotopic (exact) mass is 450 g/mol. The first-order chi connectivity index (χ1) is 14.5. The topological polar surface area (TPSA) is 104 Å². The first-order valence-electron chi connectivity index (χ1n) is 10.3. The molecule has 3 heterocycles. The highest BCUT2D eigenvalue weighted by Crippen LogP contribution is 2.34. The number of rotatable bonds is 7. The number of amides is 2. The van der Waals surface area contributed by atoms with E-state index in [1.165, 1.54) is 10.4 Å². The number of thioether (sulfide) groups is 1. The van der Waals surface area contributed by atoms with Gasteiger partial charge in [-0.25, -0.2) is 4.98 Å². The molecule has 162 valence electrons. The van der Waals surface area contributed by atoms with Gasteiger partial charge in [0.25, 0.3) is 5.56 Å². The Bertz CT molecular complexity index is 997. The lowest BCUT2D eigenvalue weighted by molar-refractivity contribution is -0.139. The number of thiophene rings is 1. The lowest BCUT2D eigenvalue weighted by Crippen LogP contribution is -2.50. The summed E-state index contributed by atoms with van der Waals surface area (Å²) < 4.78 is 5.25. The zero-order chi connectivity index (χ0) is 21.1. The van der Waals surface area contributed by atoms with E-state index >= 15 is 0 Å². The second kappa shape index (κ2) is 9.49. The third-order valence-electron chi connectivity index (χ3n) is 5.41. The number of nitrogens with one attached hydrogen (secondary N) is 2. The Morgan fingerprint density at radius 2 is 2.13 bits per heavy atom. The number of fused-ring (bicyclic) bond motifs is 3. The van der Waals surface area contributed by atoms with Gasteiger partial charge in [0.15, 0.2) is 0 Å². The van der Waals surface area contributed by atoms with Crippen LogP contribution in [-0.4, -0.2) is 64.8 Å². The summed E-state index contributed by atoms with van der Waals surface area (Å²) in [6.45, 7) is 3.93. The summed E-state index contributed by atoms with van der Waals surface area (Å²) in [7, 11) is 0. The Morgan fingerprint density at radius 1 is 1.33 bits per heavy atom. The van der Waals surface area contributed by atoms with Crippen LogP contribution in [-0.2, 0) is 32.9 Å². The van der Waals surface area contributed by atoms with Crippen molar-refractivity contribution in [3.63, 3.8) is 0 Å². The molecule has 10 heteroatoms. The molecule has 8 nitrogen and oxygen atoms in total. The summed E-state index contributed by atoms with van der Waals surface area (Å²) in [6.07, 6.45) is 3.44. The number of morpholine rings is 1. The maximum absolute atomic E-state index is 12.5. The largest absolute Gasteiger partial charge is 0.378 e. The average molecular weight is 451 g/mol. The molecule has 0 radical (unpaired) electrons. The normalized spacial score (nSPS) is 17.2. The average Bonchev–Trinajstić information content (AvgIpc) is 3.32. The fourth-order valence-corrected chi connectivity index (χ4v) is 5.97. The molecule has 1 atom stereocenters. The molecule has 2 aromatic rings. The van der Waals surface area contributed by atoms with E-state index in [0.717, 1.165) is 29.5 Å². The van der Waals surface area contributed by atoms with Gasteiger partial charge in [0, 0.05) is 30.1 Å². The molecule has 1 aliphatic carbocycles. The number of H-pyrrole nitrogens is 1. The van der Waals surface area contributed by atoms with Crippen molar-refractivity contribution in [2.75, 3.05) is 32.1 Å². The van der Waals surface area contributed by atoms with Gasteiger partial charge < -0.3 is 19.9 Å². The second-order valence-corrected chi connectivity index (χ2v) is 9.77. The Balaban J connectivity index is 1.23. The van der Waals surface area contributed by atoms with Gasteiger partial charge in [-0.1, -0.05) is 0 Å². The van der Waals surface area contributed by atoms with Crippen molar-refractivity contribution in [2.45, 2.75) is 44.4 Å². The van der Waals surface area contributed by atoms with Crippen LogP contribution in [0.4, 0.5) is 0 Å². The van der Waals surface area contributed by atoms with Crippen molar-refractivity contribution in [1.29, 1.82) is 0 Å². The maximum Gasteiger partial charge on any atom is 0.259 e. The van der Waals surface area contributed by atoms with E-state index in [1.54, 1.807) is 34.9 Å².